The molecular weight excluding hydrogens is 173 g/mol. The molecule has 0 amide bonds. The lowest BCUT2D eigenvalue weighted by Gasteiger charge is -2.29. The third-order valence-electron chi connectivity index (χ3n) is 1.26. The second-order valence-corrected chi connectivity index (χ2v) is 3.45. The number of aliphatic hydroxyl groups is 1. The molecule has 2 nitrogen and oxygen atoms in total. The highest BCUT2D eigenvalue weighted by atomic mass is 35.5. The van der Waals surface area contributed by atoms with Crippen molar-refractivity contribution in [2.45, 2.75) is 12.6 Å². The first-order valence-corrected chi connectivity index (χ1v) is 3.57. The van der Waals surface area contributed by atoms with Gasteiger partial charge in [0, 0.05) is 12.3 Å². The summed E-state index contributed by atoms with van der Waals surface area (Å²) in [6.07, 6.45) is 0.327. The highest BCUT2D eigenvalue weighted by Crippen LogP contribution is 2.03. The molecule has 0 aliphatic heterocycles. The number of hydrogen-bond donors (Lipinski definition) is 1. The highest BCUT2D eigenvalue weighted by molar-refractivity contribution is 6.17. The van der Waals surface area contributed by atoms with Crippen LogP contribution in [0.2, 0.25) is 0 Å². The molecule has 0 aliphatic carbocycles. The van der Waals surface area contributed by atoms with Crippen LogP contribution in [0.5, 0.6) is 0 Å². The maximum absolute atomic E-state index is 9.27. The van der Waals surface area contributed by atoms with Crippen molar-refractivity contribution < 1.29 is 22.0 Å². The van der Waals surface area contributed by atoms with Crippen LogP contribution >= 0.6 is 11.6 Å². The minimum absolute atomic E-state index is 0. The lowest BCUT2D eigenvalue weighted by Crippen LogP contribution is -3.00. The monoisotopic (exact) mass is 187 g/mol. The summed E-state index contributed by atoms with van der Waals surface area (Å²) in [5.74, 6) is 0.524. The predicted octanol–water partition coefficient (Wildman–Crippen LogP) is -2.36. The van der Waals surface area contributed by atoms with Gasteiger partial charge >= 0.3 is 0 Å². The van der Waals surface area contributed by atoms with Crippen LogP contribution in [0.3, 0.4) is 0 Å². The van der Waals surface area contributed by atoms with Crippen molar-refractivity contribution in [2.24, 2.45) is 0 Å². The fraction of sp³-hybridized carbons (Fsp3) is 1.00. The third kappa shape index (κ3) is 5.30. The van der Waals surface area contributed by atoms with Crippen LogP contribution in [0.15, 0.2) is 0 Å². The van der Waals surface area contributed by atoms with E-state index in [-0.39, 0.29) is 18.6 Å². The molecule has 64 valence electrons. The molecule has 0 radical (unpaired) electrons. The Morgan fingerprint density at radius 1 is 1.40 bits per heavy atom. The van der Waals surface area contributed by atoms with Crippen LogP contribution in [0.1, 0.15) is 6.42 Å². The number of quaternary nitrogens is 1. The maximum Gasteiger partial charge on any atom is 0.191 e. The zero-order chi connectivity index (χ0) is 7.49. The van der Waals surface area contributed by atoms with Gasteiger partial charge in [0.25, 0.3) is 0 Å². The second-order valence-electron chi connectivity index (χ2n) is 3.07. The Labute approximate surface area is 73.8 Å². The lowest BCUT2D eigenvalue weighted by molar-refractivity contribution is -0.918. The van der Waals surface area contributed by atoms with Crippen LogP contribution in [0, 0.1) is 0 Å². The number of aliphatic hydroxyl groups excluding tert-OH is 1. The van der Waals surface area contributed by atoms with Gasteiger partial charge in [0.2, 0.25) is 0 Å². The molecule has 1 N–H and O–H groups in total. The quantitative estimate of drug-likeness (QED) is 0.298. The maximum atomic E-state index is 9.27. The van der Waals surface area contributed by atoms with E-state index in [1.807, 2.05) is 21.1 Å². The van der Waals surface area contributed by atoms with Crippen molar-refractivity contribution in [3.05, 3.63) is 0 Å². The fourth-order valence-corrected chi connectivity index (χ4v) is 0.680. The smallest absolute Gasteiger partial charge is 0.191 e. The zero-order valence-corrected chi connectivity index (χ0v) is 8.15. The van der Waals surface area contributed by atoms with Crippen molar-refractivity contribution >= 4 is 11.6 Å². The molecule has 0 fully saturated rings. The van der Waals surface area contributed by atoms with E-state index in [9.17, 15) is 5.11 Å². The lowest BCUT2D eigenvalue weighted by atomic mass is 10.3. The Morgan fingerprint density at radius 2 is 1.80 bits per heavy atom. The first-order chi connectivity index (χ1) is 3.98. The molecule has 4 heteroatoms. The molecule has 0 saturated carbocycles. The van der Waals surface area contributed by atoms with Crippen molar-refractivity contribution in [1.29, 1.82) is 0 Å². The van der Waals surface area contributed by atoms with Gasteiger partial charge in [-0.05, 0) is 0 Å². The largest absolute Gasteiger partial charge is 1.00 e. The van der Waals surface area contributed by atoms with Crippen LogP contribution in [0.25, 0.3) is 0 Å². The van der Waals surface area contributed by atoms with E-state index in [0.29, 0.717) is 16.8 Å². The normalized spacial score (nSPS) is 14.1. The van der Waals surface area contributed by atoms with Gasteiger partial charge in [-0.1, -0.05) is 0 Å². The molecule has 1 atom stereocenters. The number of nitrogens with zero attached hydrogens (tertiary/aromatic N) is 1. The van der Waals surface area contributed by atoms with E-state index in [4.69, 9.17) is 11.6 Å². The SMILES string of the molecule is C[N+](C)(C)C(O)CCCl.[Cl-]. The van der Waals surface area contributed by atoms with Gasteiger partial charge in [0.05, 0.1) is 21.1 Å². The molecule has 0 aliphatic rings. The second kappa shape index (κ2) is 5.19. The summed E-state index contributed by atoms with van der Waals surface area (Å²) >= 11 is 5.43. The third-order valence-corrected chi connectivity index (χ3v) is 1.48. The number of hydrogen-bond acceptors (Lipinski definition) is 1. The van der Waals surface area contributed by atoms with Gasteiger partial charge < -0.3 is 22.0 Å². The number of halogens is 2. The van der Waals surface area contributed by atoms with Crippen molar-refractivity contribution in [2.75, 3.05) is 27.0 Å². The van der Waals surface area contributed by atoms with Gasteiger partial charge in [-0.15, -0.1) is 11.6 Å². The van der Waals surface area contributed by atoms with Crippen LogP contribution in [0.4, 0.5) is 0 Å². The first-order valence-electron chi connectivity index (χ1n) is 3.03. The average Bonchev–Trinajstić information content (AvgIpc) is 1.64. The van der Waals surface area contributed by atoms with E-state index < -0.39 is 0 Å². The van der Waals surface area contributed by atoms with Gasteiger partial charge in [0.15, 0.2) is 6.23 Å². The van der Waals surface area contributed by atoms with Gasteiger partial charge in [-0.3, -0.25) is 0 Å². The molecule has 0 spiro atoms. The van der Waals surface area contributed by atoms with E-state index >= 15 is 0 Å². The van der Waals surface area contributed by atoms with Crippen LogP contribution < -0.4 is 12.4 Å². The Hall–Kier alpha value is 0.500. The number of alkyl halides is 1. The summed E-state index contributed by atoms with van der Waals surface area (Å²) in [5.41, 5.74) is 0. The molecule has 0 bridgehead atoms. The Kier molecular flexibility index (Phi) is 6.81. The average molecular weight is 188 g/mol. The van der Waals surface area contributed by atoms with Crippen LogP contribution in [-0.2, 0) is 0 Å². The molecule has 0 aromatic heterocycles. The van der Waals surface area contributed by atoms with E-state index in [1.165, 1.54) is 0 Å². The molecule has 1 unspecified atom stereocenters. The Morgan fingerprint density at radius 3 is 1.90 bits per heavy atom. The topological polar surface area (TPSA) is 20.2 Å². The standard InChI is InChI=1S/C6H15ClNO.ClH/c1-8(2,3)6(9)4-5-7;/h6,9H,4-5H2,1-3H3;1H/q+1;/p-1. The first kappa shape index (κ1) is 13.1. The summed E-state index contributed by atoms with van der Waals surface area (Å²) in [6, 6.07) is 0. The van der Waals surface area contributed by atoms with Gasteiger partial charge in [-0.25, -0.2) is 0 Å². The summed E-state index contributed by atoms with van der Waals surface area (Å²) in [6.45, 7) is 0. The molecule has 0 rings (SSSR count). The predicted molar refractivity (Wildman–Crippen MR) is 39.4 cm³/mol. The fourth-order valence-electron chi connectivity index (χ4n) is 0.485. The Balaban J connectivity index is 0. The van der Waals surface area contributed by atoms with E-state index in [1.54, 1.807) is 0 Å². The molecule has 0 aromatic rings. The minimum Gasteiger partial charge on any atom is -1.00 e. The summed E-state index contributed by atoms with van der Waals surface area (Å²) in [5, 5.41) is 9.27. The van der Waals surface area contributed by atoms with Gasteiger partial charge in [0.1, 0.15) is 0 Å². The van der Waals surface area contributed by atoms with Gasteiger partial charge in [-0.2, -0.15) is 0 Å². The highest BCUT2D eigenvalue weighted by Gasteiger charge is 2.18. The molecule has 0 saturated heterocycles. The van der Waals surface area contributed by atoms with Crippen molar-refractivity contribution in [1.82, 2.24) is 0 Å². The summed E-state index contributed by atoms with van der Waals surface area (Å²) < 4.78 is 0.562. The molecule has 10 heavy (non-hydrogen) atoms. The molecule has 0 heterocycles. The molecular formula is C6H15Cl2NO. The van der Waals surface area contributed by atoms with E-state index in [2.05, 4.69) is 0 Å². The summed E-state index contributed by atoms with van der Waals surface area (Å²) in [7, 11) is 5.83. The van der Waals surface area contributed by atoms with Crippen molar-refractivity contribution in [3.8, 4) is 0 Å². The summed E-state index contributed by atoms with van der Waals surface area (Å²) in [4.78, 5) is 0. The Bertz CT molecular complexity index is 82.3. The van der Waals surface area contributed by atoms with Crippen molar-refractivity contribution in [3.63, 3.8) is 0 Å². The number of rotatable bonds is 3. The minimum atomic E-state index is -0.331. The van der Waals surface area contributed by atoms with Crippen LogP contribution in [-0.4, -0.2) is 42.8 Å². The van der Waals surface area contributed by atoms with E-state index in [0.717, 1.165) is 0 Å². The zero-order valence-electron chi connectivity index (χ0n) is 6.64. The molecule has 0 aromatic carbocycles.